The Balaban J connectivity index is 2.04. The first-order valence-electron chi connectivity index (χ1n) is 7.97. The first-order chi connectivity index (χ1) is 11.6. The predicted molar refractivity (Wildman–Crippen MR) is 94.2 cm³/mol. The van der Waals surface area contributed by atoms with Crippen molar-refractivity contribution in [1.29, 1.82) is 0 Å². The number of anilines is 2. The molecule has 0 bridgehead atoms. The van der Waals surface area contributed by atoms with E-state index in [1.54, 1.807) is 0 Å². The first kappa shape index (κ1) is 15.9. The molecule has 0 aliphatic carbocycles. The Bertz CT molecular complexity index is 806. The number of aryl methyl sites for hydroxylation is 1. The van der Waals surface area contributed by atoms with Crippen LogP contribution in [0.5, 0.6) is 0 Å². The summed E-state index contributed by atoms with van der Waals surface area (Å²) in [5, 5.41) is 0. The van der Waals surface area contributed by atoms with Crippen LogP contribution >= 0.6 is 0 Å². The topological polar surface area (TPSA) is 119 Å². The molecule has 0 fully saturated rings. The van der Waals surface area contributed by atoms with Crippen LogP contribution in [0.2, 0.25) is 0 Å². The van der Waals surface area contributed by atoms with Crippen molar-refractivity contribution < 1.29 is 0 Å². The van der Waals surface area contributed by atoms with Gasteiger partial charge in [-0.05, 0) is 13.3 Å². The number of nitrogen functional groups attached to an aromatic ring is 2. The highest BCUT2D eigenvalue weighted by atomic mass is 15.1. The molecule has 0 saturated carbocycles. The van der Waals surface area contributed by atoms with E-state index in [-0.39, 0.29) is 17.8 Å². The van der Waals surface area contributed by atoms with Gasteiger partial charge in [-0.2, -0.15) is 15.0 Å². The number of H-pyrrole nitrogens is 1. The molecule has 2 heterocycles. The molecule has 124 valence electrons. The fraction of sp³-hybridized carbons (Fsp3) is 0.294. The largest absolute Gasteiger partial charge is 0.368 e. The zero-order valence-electron chi connectivity index (χ0n) is 13.8. The van der Waals surface area contributed by atoms with Gasteiger partial charge in [-0.15, -0.1) is 0 Å². The predicted octanol–water partition coefficient (Wildman–Crippen LogP) is 2.67. The lowest BCUT2D eigenvalue weighted by Crippen LogP contribution is -2.13. The van der Waals surface area contributed by atoms with Crippen LogP contribution in [0.15, 0.2) is 30.3 Å². The number of aromatic amines is 1. The maximum atomic E-state index is 5.74. The number of nitrogens with two attached hydrogens (primary N) is 2. The molecular weight excluding hydrogens is 302 g/mol. The SMILES string of the molecule is CCCC(c1nc(N)nc(N)n1)c1[nH]c(-c2ccccc2)nc1C. The summed E-state index contributed by atoms with van der Waals surface area (Å²) < 4.78 is 0. The highest BCUT2D eigenvalue weighted by molar-refractivity contribution is 5.56. The molecule has 3 rings (SSSR count). The number of nitrogens with one attached hydrogen (secondary N) is 1. The fourth-order valence-electron chi connectivity index (χ4n) is 2.82. The van der Waals surface area contributed by atoms with Gasteiger partial charge >= 0.3 is 0 Å². The van der Waals surface area contributed by atoms with Gasteiger partial charge < -0.3 is 16.5 Å². The molecule has 7 nitrogen and oxygen atoms in total. The van der Waals surface area contributed by atoms with E-state index in [1.807, 2.05) is 37.3 Å². The number of hydrogen-bond acceptors (Lipinski definition) is 6. The Kier molecular flexibility index (Phi) is 4.41. The normalized spacial score (nSPS) is 12.2. The van der Waals surface area contributed by atoms with Crippen molar-refractivity contribution in [2.75, 3.05) is 11.5 Å². The number of aromatic nitrogens is 5. The molecule has 5 N–H and O–H groups in total. The van der Waals surface area contributed by atoms with E-state index < -0.39 is 0 Å². The van der Waals surface area contributed by atoms with Crippen molar-refractivity contribution >= 4 is 11.9 Å². The van der Waals surface area contributed by atoms with E-state index in [1.165, 1.54) is 0 Å². The molecule has 3 aromatic rings. The molecule has 2 aromatic heterocycles. The van der Waals surface area contributed by atoms with Gasteiger partial charge in [0.25, 0.3) is 0 Å². The molecule has 1 unspecified atom stereocenters. The van der Waals surface area contributed by atoms with Crippen molar-refractivity contribution in [2.24, 2.45) is 0 Å². The van der Waals surface area contributed by atoms with Gasteiger partial charge in [-0.3, -0.25) is 0 Å². The summed E-state index contributed by atoms with van der Waals surface area (Å²) in [6.45, 7) is 4.10. The summed E-state index contributed by atoms with van der Waals surface area (Å²) in [6.07, 6.45) is 1.83. The second kappa shape index (κ2) is 6.66. The summed E-state index contributed by atoms with van der Waals surface area (Å²) in [5.41, 5.74) is 14.4. The van der Waals surface area contributed by atoms with Crippen molar-refractivity contribution in [3.05, 3.63) is 47.5 Å². The molecule has 0 radical (unpaired) electrons. The van der Waals surface area contributed by atoms with Crippen LogP contribution in [-0.4, -0.2) is 24.9 Å². The Morgan fingerprint density at radius 2 is 1.67 bits per heavy atom. The van der Waals surface area contributed by atoms with E-state index in [0.29, 0.717) is 5.82 Å². The van der Waals surface area contributed by atoms with Crippen molar-refractivity contribution in [2.45, 2.75) is 32.6 Å². The lowest BCUT2D eigenvalue weighted by atomic mass is 9.97. The summed E-state index contributed by atoms with van der Waals surface area (Å²) in [6, 6.07) is 10.0. The van der Waals surface area contributed by atoms with Crippen LogP contribution in [0.25, 0.3) is 11.4 Å². The van der Waals surface area contributed by atoms with Crippen molar-refractivity contribution in [3.63, 3.8) is 0 Å². The second-order valence-corrected chi connectivity index (χ2v) is 5.70. The molecular formula is C17H21N7. The maximum Gasteiger partial charge on any atom is 0.225 e. The van der Waals surface area contributed by atoms with Crippen LogP contribution in [0.3, 0.4) is 0 Å². The third-order valence-electron chi connectivity index (χ3n) is 3.89. The van der Waals surface area contributed by atoms with E-state index in [9.17, 15) is 0 Å². The molecule has 0 spiro atoms. The van der Waals surface area contributed by atoms with Gasteiger partial charge in [0.2, 0.25) is 11.9 Å². The number of hydrogen-bond donors (Lipinski definition) is 3. The molecule has 0 aliphatic rings. The smallest absolute Gasteiger partial charge is 0.225 e. The van der Waals surface area contributed by atoms with Crippen LogP contribution in [0.1, 0.15) is 42.9 Å². The van der Waals surface area contributed by atoms with Crippen LogP contribution in [0, 0.1) is 6.92 Å². The van der Waals surface area contributed by atoms with Gasteiger partial charge in [0.05, 0.1) is 11.6 Å². The molecule has 24 heavy (non-hydrogen) atoms. The standard InChI is InChI=1S/C17H21N7/c1-3-7-12(15-22-16(18)24-17(19)23-15)13-10(2)20-14(21-13)11-8-5-4-6-9-11/h4-6,8-9,12H,3,7H2,1-2H3,(H,20,21)(H4,18,19,22,23,24). The van der Waals surface area contributed by atoms with Gasteiger partial charge in [-0.25, -0.2) is 4.98 Å². The Morgan fingerprint density at radius 3 is 2.29 bits per heavy atom. The average Bonchev–Trinajstić information content (AvgIpc) is 2.94. The van der Waals surface area contributed by atoms with Crippen molar-refractivity contribution in [1.82, 2.24) is 24.9 Å². The first-order valence-corrected chi connectivity index (χ1v) is 7.97. The maximum absolute atomic E-state index is 5.74. The number of rotatable bonds is 5. The highest BCUT2D eigenvalue weighted by Crippen LogP contribution is 2.30. The van der Waals surface area contributed by atoms with E-state index >= 15 is 0 Å². The van der Waals surface area contributed by atoms with Crippen molar-refractivity contribution in [3.8, 4) is 11.4 Å². The van der Waals surface area contributed by atoms with Gasteiger partial charge in [-0.1, -0.05) is 43.7 Å². The number of nitrogens with zero attached hydrogens (tertiary/aromatic N) is 4. The molecule has 1 aromatic carbocycles. The fourth-order valence-corrected chi connectivity index (χ4v) is 2.82. The second-order valence-electron chi connectivity index (χ2n) is 5.70. The van der Waals surface area contributed by atoms with Gasteiger partial charge in [0, 0.05) is 11.3 Å². The third-order valence-corrected chi connectivity index (χ3v) is 3.89. The van der Waals surface area contributed by atoms with Crippen LogP contribution in [-0.2, 0) is 0 Å². The van der Waals surface area contributed by atoms with Crippen LogP contribution < -0.4 is 11.5 Å². The molecule has 0 aliphatic heterocycles. The molecule has 7 heteroatoms. The minimum absolute atomic E-state index is 0.0486. The van der Waals surface area contributed by atoms with Gasteiger partial charge in [0.1, 0.15) is 11.6 Å². The molecule has 0 amide bonds. The summed E-state index contributed by atoms with van der Waals surface area (Å²) in [7, 11) is 0. The van der Waals surface area contributed by atoms with E-state index in [4.69, 9.17) is 11.5 Å². The number of benzene rings is 1. The lowest BCUT2D eigenvalue weighted by Gasteiger charge is -2.14. The Morgan fingerprint density at radius 1 is 1.00 bits per heavy atom. The van der Waals surface area contributed by atoms with E-state index in [2.05, 4.69) is 31.8 Å². The number of imidazole rings is 1. The minimum atomic E-state index is -0.0486. The zero-order chi connectivity index (χ0) is 17.1. The summed E-state index contributed by atoms with van der Waals surface area (Å²) in [4.78, 5) is 20.5. The average molecular weight is 323 g/mol. The monoisotopic (exact) mass is 323 g/mol. The summed E-state index contributed by atoms with van der Waals surface area (Å²) in [5.74, 6) is 1.64. The molecule has 0 saturated heterocycles. The minimum Gasteiger partial charge on any atom is -0.368 e. The lowest BCUT2D eigenvalue weighted by molar-refractivity contribution is 0.641. The third kappa shape index (κ3) is 3.19. The molecule has 1 atom stereocenters. The quantitative estimate of drug-likeness (QED) is 0.664. The Hall–Kier alpha value is -2.96. The highest BCUT2D eigenvalue weighted by Gasteiger charge is 2.23. The van der Waals surface area contributed by atoms with Gasteiger partial charge in [0.15, 0.2) is 0 Å². The Labute approximate surface area is 140 Å². The summed E-state index contributed by atoms with van der Waals surface area (Å²) >= 11 is 0. The van der Waals surface area contributed by atoms with Crippen LogP contribution in [0.4, 0.5) is 11.9 Å². The van der Waals surface area contributed by atoms with E-state index in [0.717, 1.165) is 35.6 Å². The zero-order valence-corrected chi connectivity index (χ0v) is 13.8.